The highest BCUT2D eigenvalue weighted by Crippen LogP contribution is 2.37. The fourth-order valence-corrected chi connectivity index (χ4v) is 2.40. The molecule has 1 aromatic carbocycles. The summed E-state index contributed by atoms with van der Waals surface area (Å²) < 4.78 is 15.4. The van der Waals surface area contributed by atoms with Crippen molar-refractivity contribution in [1.82, 2.24) is 5.32 Å². The lowest BCUT2D eigenvalue weighted by Crippen LogP contribution is -2.33. The van der Waals surface area contributed by atoms with Gasteiger partial charge in [-0.25, -0.2) is 4.79 Å². The molecule has 1 atom stereocenters. The summed E-state index contributed by atoms with van der Waals surface area (Å²) in [4.78, 5) is 31.7. The zero-order chi connectivity index (χ0) is 24.9. The first-order valence-electron chi connectivity index (χ1n) is 9.74. The van der Waals surface area contributed by atoms with Gasteiger partial charge in [0.2, 0.25) is 0 Å². The van der Waals surface area contributed by atoms with Crippen molar-refractivity contribution in [3.8, 4) is 11.5 Å². The van der Waals surface area contributed by atoms with Crippen LogP contribution in [-0.4, -0.2) is 58.4 Å². The molecule has 182 valence electrons. The fourth-order valence-electron chi connectivity index (χ4n) is 2.20. The van der Waals surface area contributed by atoms with Gasteiger partial charge in [-0.15, -0.1) is 0 Å². The van der Waals surface area contributed by atoms with Gasteiger partial charge in [0.25, 0.3) is 5.69 Å². The summed E-state index contributed by atoms with van der Waals surface area (Å²) in [5.74, 6) is -0.563. The number of hydrogen-bond acceptors (Lipinski definition) is 8. The van der Waals surface area contributed by atoms with Crippen LogP contribution in [-0.2, 0) is 9.53 Å². The number of ether oxygens (including phenoxy) is 3. The van der Waals surface area contributed by atoms with E-state index in [1.807, 2.05) is 20.8 Å². The molecule has 32 heavy (non-hydrogen) atoms. The Balaban J connectivity index is 0.000000739. The second kappa shape index (κ2) is 14.5. The van der Waals surface area contributed by atoms with E-state index in [0.29, 0.717) is 6.54 Å². The van der Waals surface area contributed by atoms with Crippen LogP contribution >= 0.6 is 15.9 Å². The van der Waals surface area contributed by atoms with Crippen LogP contribution in [0.15, 0.2) is 12.1 Å². The summed E-state index contributed by atoms with van der Waals surface area (Å²) in [5, 5.41) is 32.4. The molecular weight excluding hydrogens is 492 g/mol. The summed E-state index contributed by atoms with van der Waals surface area (Å²) in [6, 6.07) is 2.51. The Morgan fingerprint density at radius 2 is 1.91 bits per heavy atom. The van der Waals surface area contributed by atoms with Gasteiger partial charge in [0, 0.05) is 18.3 Å². The van der Waals surface area contributed by atoms with Gasteiger partial charge in [-0.3, -0.25) is 14.9 Å². The van der Waals surface area contributed by atoms with Crippen molar-refractivity contribution in [2.24, 2.45) is 0 Å². The number of carboxylic acid groups (broad SMARTS) is 1. The zero-order valence-corrected chi connectivity index (χ0v) is 20.4. The van der Waals surface area contributed by atoms with Crippen molar-refractivity contribution < 1.29 is 38.9 Å². The first-order chi connectivity index (χ1) is 14.8. The fraction of sp³-hybridized carbons (Fsp3) is 0.600. The molecule has 0 saturated heterocycles. The molecule has 11 nitrogen and oxygen atoms in total. The van der Waals surface area contributed by atoms with Crippen molar-refractivity contribution in [2.45, 2.75) is 52.2 Å². The van der Waals surface area contributed by atoms with Gasteiger partial charge in [-0.1, -0.05) is 15.9 Å². The van der Waals surface area contributed by atoms with E-state index in [4.69, 9.17) is 19.3 Å². The summed E-state index contributed by atoms with van der Waals surface area (Å²) in [6.45, 7) is 7.60. The number of aliphatic hydroxyl groups is 1. The van der Waals surface area contributed by atoms with Crippen LogP contribution in [0.5, 0.6) is 11.5 Å². The molecule has 0 saturated carbocycles. The molecule has 0 aliphatic carbocycles. The van der Waals surface area contributed by atoms with Gasteiger partial charge < -0.3 is 29.7 Å². The number of carboxylic acids is 1. The molecule has 0 radical (unpaired) electrons. The van der Waals surface area contributed by atoms with Crippen LogP contribution < -0.4 is 14.8 Å². The van der Waals surface area contributed by atoms with E-state index in [2.05, 4.69) is 21.2 Å². The Hall–Kier alpha value is -2.60. The van der Waals surface area contributed by atoms with E-state index in [1.54, 1.807) is 0 Å². The summed E-state index contributed by atoms with van der Waals surface area (Å²) in [6.07, 6.45) is -1.18. The Labute approximate surface area is 195 Å². The number of carbonyl (C=O) groups excluding carboxylic acids is 1. The molecular formula is C20H31BrN2O9. The van der Waals surface area contributed by atoms with E-state index < -0.39 is 22.6 Å². The number of alkyl halides is 1. The molecule has 1 unspecified atom stereocenters. The second-order valence-corrected chi connectivity index (χ2v) is 8.25. The first kappa shape index (κ1) is 29.4. The predicted octanol–water partition coefficient (Wildman–Crippen LogP) is 3.81. The van der Waals surface area contributed by atoms with E-state index in [1.165, 1.54) is 26.2 Å². The highest BCUT2D eigenvalue weighted by atomic mass is 79.9. The van der Waals surface area contributed by atoms with Crippen molar-refractivity contribution >= 4 is 33.7 Å². The van der Waals surface area contributed by atoms with Crippen LogP contribution in [0.3, 0.4) is 0 Å². The van der Waals surface area contributed by atoms with E-state index >= 15 is 0 Å². The quantitative estimate of drug-likeness (QED) is 0.180. The molecule has 0 aromatic heterocycles. The predicted molar refractivity (Wildman–Crippen MR) is 121 cm³/mol. The molecule has 0 fully saturated rings. The van der Waals surface area contributed by atoms with Gasteiger partial charge in [0.05, 0.1) is 36.4 Å². The van der Waals surface area contributed by atoms with Gasteiger partial charge in [0.15, 0.2) is 11.5 Å². The lowest BCUT2D eigenvalue weighted by Gasteiger charge is -2.19. The third kappa shape index (κ3) is 12.3. The maximum Gasteiger partial charge on any atom is 0.407 e. The average Bonchev–Trinajstić information content (AvgIpc) is 2.67. The number of nitrogens with zero attached hydrogens (tertiary/aromatic N) is 1. The van der Waals surface area contributed by atoms with Gasteiger partial charge in [0.1, 0.15) is 5.60 Å². The Kier molecular flexibility index (Phi) is 13.3. The van der Waals surface area contributed by atoms with Crippen LogP contribution in [0.1, 0.15) is 52.2 Å². The van der Waals surface area contributed by atoms with Crippen LogP contribution in [0.4, 0.5) is 10.5 Å². The van der Waals surface area contributed by atoms with Crippen molar-refractivity contribution in [3.63, 3.8) is 0 Å². The van der Waals surface area contributed by atoms with Gasteiger partial charge in [-0.2, -0.15) is 0 Å². The highest BCUT2D eigenvalue weighted by Gasteiger charge is 2.22. The van der Waals surface area contributed by atoms with Gasteiger partial charge in [-0.05, 0) is 40.2 Å². The lowest BCUT2D eigenvalue weighted by molar-refractivity contribution is -0.386. The molecule has 0 aliphatic heterocycles. The number of aliphatic hydroxyl groups excluding tert-OH is 1. The molecule has 1 amide bonds. The molecule has 0 heterocycles. The van der Waals surface area contributed by atoms with Crippen molar-refractivity contribution in [2.75, 3.05) is 25.6 Å². The van der Waals surface area contributed by atoms with E-state index in [9.17, 15) is 24.8 Å². The third-order valence-electron chi connectivity index (χ3n) is 3.51. The number of alkyl carbamates (subject to hydrolysis) is 1. The van der Waals surface area contributed by atoms with E-state index in [0.717, 1.165) is 5.33 Å². The Morgan fingerprint density at radius 3 is 2.34 bits per heavy atom. The van der Waals surface area contributed by atoms with Crippen LogP contribution in [0, 0.1) is 10.1 Å². The lowest BCUT2D eigenvalue weighted by atomic mass is 10.1. The van der Waals surface area contributed by atoms with Crippen molar-refractivity contribution in [3.05, 3.63) is 27.8 Å². The maximum absolute atomic E-state index is 11.0. The second-order valence-electron chi connectivity index (χ2n) is 7.46. The number of methoxy groups -OCH3 is 1. The summed E-state index contributed by atoms with van der Waals surface area (Å²) >= 11 is 3.19. The smallest absolute Gasteiger partial charge is 0.407 e. The largest absolute Gasteiger partial charge is 0.493 e. The number of hydrogen-bond donors (Lipinski definition) is 3. The minimum Gasteiger partial charge on any atom is -0.493 e. The third-order valence-corrected chi connectivity index (χ3v) is 3.91. The normalized spacial score (nSPS) is 11.5. The van der Waals surface area contributed by atoms with Crippen LogP contribution in [0.25, 0.3) is 0 Å². The average molecular weight is 523 g/mol. The minimum absolute atomic E-state index is 0.0594. The molecule has 0 spiro atoms. The number of carbonyl (C=O) groups is 2. The molecule has 3 N–H and O–H groups in total. The number of nitro groups is 1. The molecule has 0 aliphatic rings. The summed E-state index contributed by atoms with van der Waals surface area (Å²) in [7, 11) is 1.37. The molecule has 1 aromatic rings. The molecule has 1 rings (SSSR count). The number of rotatable bonds is 10. The molecule has 0 bridgehead atoms. The number of aliphatic carboxylic acids is 1. The number of nitrogens with one attached hydrogen (secondary N) is 1. The standard InChI is InChI=1S/C13H17NO7.C7H14BrNO2/c1-8(15)9-6-11(20-2)12(7-10(9)14(18)19)21-5-3-4-13(16)17;1-7(2,3)11-6(10)9-5-4-8/h6-8,15H,3-5H2,1-2H3,(H,16,17);4-5H2,1-3H3,(H,9,10). The summed E-state index contributed by atoms with van der Waals surface area (Å²) in [5.41, 5.74) is -0.565. The number of benzene rings is 1. The highest BCUT2D eigenvalue weighted by molar-refractivity contribution is 9.09. The Morgan fingerprint density at radius 1 is 1.28 bits per heavy atom. The topological polar surface area (TPSA) is 157 Å². The number of amides is 1. The molecule has 12 heteroatoms. The number of nitro benzene ring substituents is 1. The Bertz CT molecular complexity index is 764. The maximum atomic E-state index is 11.0. The number of halogens is 1. The van der Waals surface area contributed by atoms with Crippen molar-refractivity contribution in [1.29, 1.82) is 0 Å². The zero-order valence-electron chi connectivity index (χ0n) is 18.8. The van der Waals surface area contributed by atoms with E-state index in [-0.39, 0.29) is 48.3 Å². The monoisotopic (exact) mass is 522 g/mol. The first-order valence-corrected chi connectivity index (χ1v) is 10.9. The minimum atomic E-state index is -1.03. The van der Waals surface area contributed by atoms with Gasteiger partial charge >= 0.3 is 12.1 Å². The SMILES string of the molecule is CC(C)(C)OC(=O)NCCBr.COc1cc(C(C)O)c([N+](=O)[O-])cc1OCCCC(=O)O. The van der Waals surface area contributed by atoms with Crippen LogP contribution in [0.2, 0.25) is 0 Å².